The molecule has 0 amide bonds. The fraction of sp³-hybridized carbons (Fsp3) is 0.750. The van der Waals surface area contributed by atoms with Gasteiger partial charge in [0.15, 0.2) is 11.4 Å². The number of esters is 1. The summed E-state index contributed by atoms with van der Waals surface area (Å²) in [6, 6.07) is 0. The summed E-state index contributed by atoms with van der Waals surface area (Å²) in [5.74, 6) is 0.907. The minimum Gasteiger partial charge on any atom is -0.494 e. The van der Waals surface area contributed by atoms with Crippen molar-refractivity contribution in [1.82, 2.24) is 0 Å². The molecule has 3 fully saturated rings. The van der Waals surface area contributed by atoms with Crippen LogP contribution < -0.4 is 0 Å². The highest BCUT2D eigenvalue weighted by molar-refractivity contribution is 5.99. The van der Waals surface area contributed by atoms with Crippen molar-refractivity contribution in [2.24, 2.45) is 28.6 Å². The molecule has 3 saturated carbocycles. The molecule has 29 heavy (non-hydrogen) atoms. The van der Waals surface area contributed by atoms with Crippen LogP contribution in [0.25, 0.3) is 0 Å². The molecule has 0 saturated heterocycles. The van der Waals surface area contributed by atoms with Crippen molar-refractivity contribution in [3.8, 4) is 0 Å². The zero-order valence-corrected chi connectivity index (χ0v) is 17.6. The predicted octanol–water partition coefficient (Wildman–Crippen LogP) is 3.70. The number of aliphatic hydroxyl groups is 1. The van der Waals surface area contributed by atoms with Gasteiger partial charge in [-0.15, -0.1) is 0 Å². The van der Waals surface area contributed by atoms with Crippen molar-refractivity contribution in [2.45, 2.75) is 83.5 Å². The zero-order valence-electron chi connectivity index (χ0n) is 17.6. The highest BCUT2D eigenvalue weighted by Crippen LogP contribution is 2.68. The van der Waals surface area contributed by atoms with Gasteiger partial charge in [-0.25, -0.2) is 0 Å². The zero-order chi connectivity index (χ0) is 20.6. The second-order valence-corrected chi connectivity index (χ2v) is 10.5. The first-order chi connectivity index (χ1) is 13.7. The molecule has 5 nitrogen and oxygen atoms in total. The Balaban J connectivity index is 1.46. The Hall–Kier alpha value is -1.62. The number of rotatable bonds is 1. The Morgan fingerprint density at radius 2 is 2.03 bits per heavy atom. The Bertz CT molecular complexity index is 814. The van der Waals surface area contributed by atoms with Crippen LogP contribution in [-0.2, 0) is 19.1 Å². The normalized spacial score (nSPS) is 50.4. The smallest absolute Gasteiger partial charge is 0.302 e. The number of allylic oxidation sites excluding steroid dienone is 1. The van der Waals surface area contributed by atoms with E-state index in [1.807, 2.05) is 0 Å². The van der Waals surface area contributed by atoms with E-state index in [0.29, 0.717) is 11.8 Å². The largest absolute Gasteiger partial charge is 0.494 e. The third-order valence-electron chi connectivity index (χ3n) is 9.42. The van der Waals surface area contributed by atoms with E-state index in [0.717, 1.165) is 44.9 Å². The van der Waals surface area contributed by atoms with Crippen LogP contribution >= 0.6 is 0 Å². The van der Waals surface area contributed by atoms with E-state index in [1.54, 1.807) is 0 Å². The lowest BCUT2D eigenvalue weighted by atomic mass is 9.46. The molecule has 5 heteroatoms. The van der Waals surface area contributed by atoms with E-state index < -0.39 is 17.1 Å². The summed E-state index contributed by atoms with van der Waals surface area (Å²) in [4.78, 5) is 24.2. The van der Waals surface area contributed by atoms with E-state index in [4.69, 9.17) is 9.47 Å². The number of hydrogen-bond donors (Lipinski definition) is 1. The molecule has 5 rings (SSSR count). The first-order valence-corrected chi connectivity index (χ1v) is 11.2. The van der Waals surface area contributed by atoms with E-state index in [1.165, 1.54) is 24.8 Å². The topological polar surface area (TPSA) is 72.8 Å². The number of ether oxygens (including phenoxy) is 2. The lowest BCUT2D eigenvalue weighted by Crippen LogP contribution is -2.60. The Morgan fingerprint density at radius 3 is 2.79 bits per heavy atom. The first-order valence-electron chi connectivity index (χ1n) is 11.2. The first kappa shape index (κ1) is 19.3. The van der Waals surface area contributed by atoms with Crippen LogP contribution in [0.3, 0.4) is 0 Å². The van der Waals surface area contributed by atoms with Crippen LogP contribution in [0.15, 0.2) is 24.0 Å². The molecule has 5 aliphatic rings. The van der Waals surface area contributed by atoms with E-state index in [-0.39, 0.29) is 29.2 Å². The standard InChI is InChI=1S/C24H32O5/c1-14(25)29-16-6-9-22(2)15(12-16)4-5-17-18(22)7-10-23(3)19(17)13-21-24(23,27)20(26)8-11-28-21/h4,8,11,16-19,21,27H,5-7,9-10,12-13H2,1-3H3/t16?,17?,18?,19?,21?,22?,23?,24-/m0/s1. The number of carbonyl (C=O) groups is 2. The molecule has 8 atom stereocenters. The lowest BCUT2D eigenvalue weighted by Gasteiger charge is -2.58. The van der Waals surface area contributed by atoms with Crippen molar-refractivity contribution < 1.29 is 24.2 Å². The summed E-state index contributed by atoms with van der Waals surface area (Å²) in [5, 5.41) is 11.5. The molecule has 0 aromatic rings. The third-order valence-corrected chi connectivity index (χ3v) is 9.42. The Morgan fingerprint density at radius 1 is 1.24 bits per heavy atom. The molecule has 0 bridgehead atoms. The highest BCUT2D eigenvalue weighted by Gasteiger charge is 2.71. The SMILES string of the molecule is CC(=O)OC1CCC2(C)C(=CCC3C2CCC2(C)C3CC3OC=CC(=O)[C@]32O)C1. The molecule has 1 heterocycles. The van der Waals surface area contributed by atoms with Gasteiger partial charge >= 0.3 is 5.97 Å². The van der Waals surface area contributed by atoms with Crippen LogP contribution in [0.1, 0.15) is 65.7 Å². The number of hydrogen-bond acceptors (Lipinski definition) is 5. The molecule has 0 aromatic heterocycles. The van der Waals surface area contributed by atoms with Crippen molar-refractivity contribution in [1.29, 1.82) is 0 Å². The summed E-state index contributed by atoms with van der Waals surface area (Å²) >= 11 is 0. The Kier molecular flexibility index (Phi) is 4.13. The molecule has 0 spiro atoms. The second-order valence-electron chi connectivity index (χ2n) is 10.5. The van der Waals surface area contributed by atoms with Gasteiger partial charge in [-0.1, -0.05) is 25.5 Å². The van der Waals surface area contributed by atoms with Gasteiger partial charge in [-0.2, -0.15) is 0 Å². The predicted molar refractivity (Wildman–Crippen MR) is 107 cm³/mol. The summed E-state index contributed by atoms with van der Waals surface area (Å²) in [7, 11) is 0. The van der Waals surface area contributed by atoms with Crippen LogP contribution in [0, 0.1) is 28.6 Å². The minimum atomic E-state index is -1.39. The summed E-state index contributed by atoms with van der Waals surface area (Å²) in [5.41, 5.74) is -0.254. The van der Waals surface area contributed by atoms with Gasteiger partial charge in [0.1, 0.15) is 12.2 Å². The van der Waals surface area contributed by atoms with Crippen LogP contribution in [0.5, 0.6) is 0 Å². The number of ketones is 1. The Labute approximate surface area is 172 Å². The molecule has 0 aromatic carbocycles. The highest BCUT2D eigenvalue weighted by atomic mass is 16.5. The van der Waals surface area contributed by atoms with Crippen LogP contribution in [0.4, 0.5) is 0 Å². The average Bonchev–Trinajstić information content (AvgIpc) is 2.91. The average molecular weight is 401 g/mol. The van der Waals surface area contributed by atoms with E-state index >= 15 is 0 Å². The minimum absolute atomic E-state index is 0.00406. The van der Waals surface area contributed by atoms with Gasteiger partial charge in [0.25, 0.3) is 0 Å². The molecule has 1 N–H and O–H groups in total. The lowest BCUT2D eigenvalue weighted by molar-refractivity contribution is -0.175. The maximum atomic E-state index is 12.8. The van der Waals surface area contributed by atoms with E-state index in [2.05, 4.69) is 19.9 Å². The van der Waals surface area contributed by atoms with Gasteiger partial charge in [-0.05, 0) is 61.7 Å². The number of fused-ring (bicyclic) bond motifs is 7. The van der Waals surface area contributed by atoms with Crippen molar-refractivity contribution >= 4 is 11.8 Å². The summed E-state index contributed by atoms with van der Waals surface area (Å²) in [6.07, 6.45) is 11.2. The molecular formula is C24H32O5. The monoisotopic (exact) mass is 400 g/mol. The van der Waals surface area contributed by atoms with Gasteiger partial charge in [0.2, 0.25) is 0 Å². The number of carbonyl (C=O) groups excluding carboxylic acids is 2. The maximum Gasteiger partial charge on any atom is 0.302 e. The molecule has 158 valence electrons. The van der Waals surface area contributed by atoms with Crippen LogP contribution in [0.2, 0.25) is 0 Å². The van der Waals surface area contributed by atoms with Crippen molar-refractivity contribution in [3.05, 3.63) is 24.0 Å². The van der Waals surface area contributed by atoms with Gasteiger partial charge in [-0.3, -0.25) is 9.59 Å². The van der Waals surface area contributed by atoms with Crippen molar-refractivity contribution in [2.75, 3.05) is 0 Å². The molecular weight excluding hydrogens is 368 g/mol. The van der Waals surface area contributed by atoms with Gasteiger partial charge < -0.3 is 14.6 Å². The second kappa shape index (κ2) is 6.19. The summed E-state index contributed by atoms with van der Waals surface area (Å²) < 4.78 is 11.3. The quantitative estimate of drug-likeness (QED) is 0.537. The fourth-order valence-corrected chi connectivity index (χ4v) is 7.88. The molecule has 0 radical (unpaired) electrons. The molecule has 7 unspecified atom stereocenters. The molecule has 4 aliphatic carbocycles. The maximum absolute atomic E-state index is 12.8. The molecule has 1 aliphatic heterocycles. The van der Waals surface area contributed by atoms with Gasteiger partial charge in [0.05, 0.1) is 6.26 Å². The van der Waals surface area contributed by atoms with Crippen LogP contribution in [-0.4, -0.2) is 34.7 Å². The third kappa shape index (κ3) is 2.43. The van der Waals surface area contributed by atoms with Crippen molar-refractivity contribution in [3.63, 3.8) is 0 Å². The summed E-state index contributed by atoms with van der Waals surface area (Å²) in [6.45, 7) is 6.00. The van der Waals surface area contributed by atoms with Gasteiger partial charge in [0, 0.05) is 24.8 Å². The fourth-order valence-electron chi connectivity index (χ4n) is 7.88. The van der Waals surface area contributed by atoms with E-state index in [9.17, 15) is 14.7 Å².